The molecule has 4 amide bonds. The third-order valence-electron chi connectivity index (χ3n) is 7.17. The summed E-state index contributed by atoms with van der Waals surface area (Å²) in [5.74, 6) is 0.990. The molecule has 2 aromatic heterocycles. The molecule has 1 aliphatic carbocycles. The van der Waals surface area contributed by atoms with Crippen LogP contribution in [0.5, 0.6) is 0 Å². The smallest absolute Gasteiger partial charge is 0.324 e. The van der Waals surface area contributed by atoms with Crippen molar-refractivity contribution in [3.8, 4) is 5.69 Å². The van der Waals surface area contributed by atoms with Gasteiger partial charge in [-0.05, 0) is 55.2 Å². The van der Waals surface area contributed by atoms with Crippen molar-refractivity contribution in [1.82, 2.24) is 20.1 Å². The molecule has 0 spiro atoms. The zero-order chi connectivity index (χ0) is 30.6. The van der Waals surface area contributed by atoms with Crippen molar-refractivity contribution in [1.29, 1.82) is 0 Å². The number of carbonyl (C=O) groups excluding carboxylic acids is 2. The second-order valence-corrected chi connectivity index (χ2v) is 11.6. The Morgan fingerprint density at radius 2 is 1.79 bits per heavy atom. The lowest BCUT2D eigenvalue weighted by Crippen LogP contribution is -2.30. The van der Waals surface area contributed by atoms with Gasteiger partial charge in [0.05, 0.1) is 24.1 Å². The molecule has 0 radical (unpaired) electrons. The first-order chi connectivity index (χ1) is 20.6. The van der Waals surface area contributed by atoms with Crippen LogP contribution in [0.25, 0.3) is 11.4 Å². The molecular formula is C33H37N7O3. The predicted molar refractivity (Wildman–Crippen MR) is 168 cm³/mol. The number of urea groups is 2. The number of hydrogen-bond donors (Lipinski definition) is 4. The lowest BCUT2D eigenvalue weighted by Gasteiger charge is -2.26. The molecule has 1 atom stereocenters. The maximum absolute atomic E-state index is 13.3. The molecule has 0 saturated carbocycles. The van der Waals surface area contributed by atoms with Crippen LogP contribution in [-0.2, 0) is 16.6 Å². The largest absolute Gasteiger partial charge is 0.373 e. The van der Waals surface area contributed by atoms with Crippen LogP contribution in [-0.4, -0.2) is 33.4 Å². The Balaban J connectivity index is 1.27. The monoisotopic (exact) mass is 579 g/mol. The fourth-order valence-electron chi connectivity index (χ4n) is 4.89. The number of hydrogen-bond acceptors (Lipinski definition) is 5. The van der Waals surface area contributed by atoms with E-state index in [1.165, 1.54) is 0 Å². The van der Waals surface area contributed by atoms with Crippen molar-refractivity contribution >= 4 is 29.4 Å². The van der Waals surface area contributed by atoms with Crippen LogP contribution in [0, 0.1) is 6.92 Å². The Hall–Kier alpha value is -4.96. The van der Waals surface area contributed by atoms with Crippen LogP contribution < -0.4 is 21.7 Å². The maximum atomic E-state index is 13.3. The van der Waals surface area contributed by atoms with E-state index in [-0.39, 0.29) is 17.6 Å². The molecule has 4 aromatic rings. The molecular weight excluding hydrogens is 542 g/mol. The SMILES string of the molecule is Cc1ccc(-n2nc(C(C)(C)C)cc2NC(=O)NC2=CCC(OCCc3ccnc(NC(N)=O)c3)c3ccccc32)cc1. The summed E-state index contributed by atoms with van der Waals surface area (Å²) in [7, 11) is 0. The van der Waals surface area contributed by atoms with E-state index in [4.69, 9.17) is 15.6 Å². The van der Waals surface area contributed by atoms with Crippen molar-refractivity contribution in [3.63, 3.8) is 0 Å². The van der Waals surface area contributed by atoms with Gasteiger partial charge >= 0.3 is 12.1 Å². The number of carbonyl (C=O) groups is 2. The summed E-state index contributed by atoms with van der Waals surface area (Å²) in [6.07, 6.45) is 4.70. The Labute approximate surface area is 251 Å². The first-order valence-electron chi connectivity index (χ1n) is 14.2. The van der Waals surface area contributed by atoms with Gasteiger partial charge in [-0.2, -0.15) is 5.10 Å². The molecule has 0 fully saturated rings. The number of aromatic nitrogens is 3. The third-order valence-corrected chi connectivity index (χ3v) is 7.17. The van der Waals surface area contributed by atoms with Crippen LogP contribution in [0.4, 0.5) is 21.2 Å². The molecule has 10 nitrogen and oxygen atoms in total. The molecule has 2 heterocycles. The molecule has 0 bridgehead atoms. The van der Waals surface area contributed by atoms with E-state index in [1.807, 2.05) is 73.7 Å². The molecule has 222 valence electrons. The molecule has 2 aromatic carbocycles. The minimum Gasteiger partial charge on any atom is -0.373 e. The van der Waals surface area contributed by atoms with E-state index >= 15 is 0 Å². The number of benzene rings is 2. The zero-order valence-electron chi connectivity index (χ0n) is 24.8. The van der Waals surface area contributed by atoms with Gasteiger partial charge in [0.15, 0.2) is 0 Å². The topological polar surface area (TPSA) is 136 Å². The summed E-state index contributed by atoms with van der Waals surface area (Å²) in [5, 5.41) is 13.4. The van der Waals surface area contributed by atoms with Gasteiger partial charge in [-0.25, -0.2) is 19.3 Å². The minimum absolute atomic E-state index is 0.160. The average molecular weight is 580 g/mol. The van der Waals surface area contributed by atoms with Gasteiger partial charge in [0.1, 0.15) is 11.6 Å². The van der Waals surface area contributed by atoms with E-state index in [1.54, 1.807) is 16.9 Å². The van der Waals surface area contributed by atoms with Crippen molar-refractivity contribution in [2.24, 2.45) is 5.73 Å². The molecule has 10 heteroatoms. The normalized spacial score (nSPS) is 14.4. The van der Waals surface area contributed by atoms with Crippen LogP contribution >= 0.6 is 0 Å². The van der Waals surface area contributed by atoms with E-state index in [0.29, 0.717) is 31.1 Å². The van der Waals surface area contributed by atoms with E-state index in [2.05, 4.69) is 41.7 Å². The molecule has 0 aliphatic heterocycles. The Morgan fingerprint density at radius 1 is 1.02 bits per heavy atom. The number of pyridine rings is 1. The van der Waals surface area contributed by atoms with Crippen molar-refractivity contribution in [2.45, 2.75) is 52.1 Å². The summed E-state index contributed by atoms with van der Waals surface area (Å²) in [5.41, 5.74) is 11.5. The van der Waals surface area contributed by atoms with Crippen molar-refractivity contribution in [3.05, 3.63) is 107 Å². The molecule has 43 heavy (non-hydrogen) atoms. The van der Waals surface area contributed by atoms with Crippen LogP contribution in [0.3, 0.4) is 0 Å². The highest BCUT2D eigenvalue weighted by Crippen LogP contribution is 2.34. The average Bonchev–Trinajstić information content (AvgIpc) is 3.39. The summed E-state index contributed by atoms with van der Waals surface area (Å²) in [6.45, 7) is 8.78. The van der Waals surface area contributed by atoms with E-state index in [9.17, 15) is 9.59 Å². The zero-order valence-corrected chi connectivity index (χ0v) is 24.8. The number of fused-ring (bicyclic) bond motifs is 1. The number of ether oxygens (including phenoxy) is 1. The molecule has 5 rings (SSSR count). The predicted octanol–water partition coefficient (Wildman–Crippen LogP) is 6.23. The van der Waals surface area contributed by atoms with Gasteiger partial charge in [0, 0.05) is 28.9 Å². The van der Waals surface area contributed by atoms with Gasteiger partial charge in [-0.1, -0.05) is 68.8 Å². The number of aryl methyl sites for hydroxylation is 1. The highest BCUT2D eigenvalue weighted by atomic mass is 16.5. The number of rotatable bonds is 8. The maximum Gasteiger partial charge on any atom is 0.324 e. The fraction of sp³-hybridized carbons (Fsp3) is 0.273. The Bertz CT molecular complexity index is 1650. The number of primary amides is 1. The third kappa shape index (κ3) is 7.28. The minimum atomic E-state index is -0.656. The highest BCUT2D eigenvalue weighted by molar-refractivity contribution is 5.95. The number of nitrogens with zero attached hydrogens (tertiary/aromatic N) is 3. The second kappa shape index (κ2) is 12.5. The lowest BCUT2D eigenvalue weighted by atomic mass is 9.92. The van der Waals surface area contributed by atoms with Gasteiger partial charge in [-0.15, -0.1) is 0 Å². The van der Waals surface area contributed by atoms with Crippen molar-refractivity contribution < 1.29 is 14.3 Å². The Morgan fingerprint density at radius 3 is 2.53 bits per heavy atom. The molecule has 5 N–H and O–H groups in total. The van der Waals surface area contributed by atoms with Crippen molar-refractivity contribution in [2.75, 3.05) is 17.2 Å². The molecule has 0 saturated heterocycles. The summed E-state index contributed by atoms with van der Waals surface area (Å²) >= 11 is 0. The lowest BCUT2D eigenvalue weighted by molar-refractivity contribution is 0.0557. The number of nitrogens with two attached hydrogens (primary N) is 1. The van der Waals surface area contributed by atoms with Gasteiger partial charge in [0.25, 0.3) is 0 Å². The summed E-state index contributed by atoms with van der Waals surface area (Å²) < 4.78 is 8.04. The first-order valence-corrected chi connectivity index (χ1v) is 14.2. The number of amides is 4. The van der Waals surface area contributed by atoms with Gasteiger partial charge < -0.3 is 15.8 Å². The summed E-state index contributed by atoms with van der Waals surface area (Å²) in [6, 6.07) is 20.5. The van der Waals surface area contributed by atoms with E-state index in [0.717, 1.165) is 39.3 Å². The number of nitrogens with one attached hydrogen (secondary N) is 3. The highest BCUT2D eigenvalue weighted by Gasteiger charge is 2.25. The van der Waals surface area contributed by atoms with Gasteiger partial charge in [0.2, 0.25) is 0 Å². The standard InChI is InChI=1S/C33H37N7O3/c1-21-9-11-23(12-10-21)40-30(20-28(39-40)33(2,3)4)38-32(42)36-26-13-14-27(25-8-6-5-7-24(25)26)43-18-16-22-15-17-35-29(19-22)37-31(34)41/h5-13,15,17,19-20,27H,14,16,18H2,1-4H3,(H2,36,38,42)(H3,34,35,37,41). The van der Waals surface area contributed by atoms with Crippen LogP contribution in [0.15, 0.2) is 79.0 Å². The summed E-state index contributed by atoms with van der Waals surface area (Å²) in [4.78, 5) is 28.5. The first kappa shape index (κ1) is 29.5. The fourth-order valence-corrected chi connectivity index (χ4v) is 4.89. The van der Waals surface area contributed by atoms with Gasteiger partial charge in [-0.3, -0.25) is 10.6 Å². The second-order valence-electron chi connectivity index (χ2n) is 11.6. The van der Waals surface area contributed by atoms with Crippen LogP contribution in [0.2, 0.25) is 0 Å². The van der Waals surface area contributed by atoms with E-state index < -0.39 is 6.03 Å². The molecule has 1 aliphatic rings. The quantitative estimate of drug-likeness (QED) is 0.196. The Kier molecular flexibility index (Phi) is 8.58. The number of anilines is 2. The molecule has 1 unspecified atom stereocenters. The van der Waals surface area contributed by atoms with Crippen LogP contribution in [0.1, 0.15) is 61.2 Å².